The number of carboxylic acids is 1. The largest absolute Gasteiger partial charge is 0.573 e. The maximum absolute atomic E-state index is 13.4. The third-order valence-electron chi connectivity index (χ3n) is 3.17. The van der Waals surface area contributed by atoms with Crippen molar-refractivity contribution in [2.45, 2.75) is 43.9 Å². The van der Waals surface area contributed by atoms with Gasteiger partial charge in [-0.1, -0.05) is 6.37 Å². The molecule has 1 aromatic carbocycles. The highest BCUT2D eigenvalue weighted by atomic mass is 19.4. The van der Waals surface area contributed by atoms with Crippen LogP contribution in [0.1, 0.15) is 53.9 Å². The quantitative estimate of drug-likeness (QED) is 0.868. The van der Waals surface area contributed by atoms with Gasteiger partial charge in [-0.2, -0.15) is 0 Å². The zero-order valence-corrected chi connectivity index (χ0v) is 12.5. The van der Waals surface area contributed by atoms with Gasteiger partial charge in [0.15, 0.2) is 0 Å². The number of nitrogens with zero attached hydrogens (tertiary/aromatic N) is 2. The summed E-state index contributed by atoms with van der Waals surface area (Å²) in [4.78, 5) is 28.2. The van der Waals surface area contributed by atoms with E-state index in [0.717, 1.165) is 12.1 Å². The SMILES string of the molecule is [2H]C([2H])(C(=O)O)N1C(=O)C(c2ccc(OC(F)(F)F)cc2)=NC12C([2H])([2H])C([2H])([2H])C([2H])([2H])C([2H])([2H])C2([2H])[2H]. The van der Waals surface area contributed by atoms with Gasteiger partial charge in [-0.05, 0) is 49.8 Å². The normalized spacial score (nSPS) is 36.7. The number of halogens is 3. The van der Waals surface area contributed by atoms with Gasteiger partial charge in [-0.3, -0.25) is 14.6 Å². The molecule has 1 spiro atoms. The Kier molecular flexibility index (Phi) is 2.14. The standard InChI is InChI=1S/C17H17F3N2O4/c18-17(19,20)26-12-6-4-11(5-7-12)14-15(25)22(10-13(23)24)16(21-14)8-2-1-3-9-16/h4-7H,1-3,8-10H2,(H,23,24)/i1D2,2D2,3D2,8D2,9D2,10D2. The predicted octanol–water partition coefficient (Wildman–Crippen LogP) is 2.96. The summed E-state index contributed by atoms with van der Waals surface area (Å²) in [5, 5.41) is 9.49. The molecule has 1 N–H and O–H groups in total. The first-order chi connectivity index (χ1) is 16.8. The average molecular weight is 382 g/mol. The van der Waals surface area contributed by atoms with Crippen molar-refractivity contribution in [1.82, 2.24) is 4.90 Å². The van der Waals surface area contributed by atoms with Crippen molar-refractivity contribution < 1.29 is 49.1 Å². The Morgan fingerprint density at radius 2 is 1.92 bits per heavy atom. The van der Waals surface area contributed by atoms with Crippen molar-refractivity contribution in [1.29, 1.82) is 0 Å². The van der Waals surface area contributed by atoms with Crippen molar-refractivity contribution in [2.24, 2.45) is 4.99 Å². The number of hydrogen-bond acceptors (Lipinski definition) is 4. The molecule has 6 nitrogen and oxygen atoms in total. The van der Waals surface area contributed by atoms with Gasteiger partial charge >= 0.3 is 12.3 Å². The fourth-order valence-corrected chi connectivity index (χ4v) is 2.21. The van der Waals surface area contributed by atoms with Crippen LogP contribution in [-0.2, 0) is 9.59 Å². The van der Waals surface area contributed by atoms with E-state index in [9.17, 15) is 27.9 Å². The molecule has 1 aliphatic heterocycles. The molecular weight excluding hydrogens is 353 g/mol. The molecule has 0 saturated heterocycles. The van der Waals surface area contributed by atoms with E-state index in [4.69, 9.17) is 16.4 Å². The molecule has 1 aromatic rings. The number of carbonyl (C=O) groups is 2. The van der Waals surface area contributed by atoms with E-state index in [1.807, 2.05) is 0 Å². The number of hydrogen-bond donors (Lipinski definition) is 1. The number of aliphatic carboxylic acids is 1. The minimum atomic E-state index is -5.12. The van der Waals surface area contributed by atoms with Crippen LogP contribution in [0.2, 0.25) is 0 Å². The second-order valence-electron chi connectivity index (χ2n) is 4.89. The van der Waals surface area contributed by atoms with Crippen LogP contribution in [0.4, 0.5) is 13.2 Å². The fourth-order valence-electron chi connectivity index (χ4n) is 2.21. The lowest BCUT2D eigenvalue weighted by molar-refractivity contribution is -0.274. The summed E-state index contributed by atoms with van der Waals surface area (Å²) in [6.07, 6.45) is -25.6. The van der Waals surface area contributed by atoms with Crippen LogP contribution in [0.15, 0.2) is 29.3 Å². The van der Waals surface area contributed by atoms with Gasteiger partial charge < -0.3 is 14.7 Å². The minimum Gasteiger partial charge on any atom is -0.480 e. The Balaban J connectivity index is 2.42. The molecule has 2 aliphatic rings. The van der Waals surface area contributed by atoms with Crippen LogP contribution in [0, 0.1) is 0 Å². The molecule has 0 aromatic heterocycles. The van der Waals surface area contributed by atoms with Crippen molar-refractivity contribution in [3.05, 3.63) is 29.8 Å². The molecule has 0 bridgehead atoms. The summed E-state index contributed by atoms with van der Waals surface area (Å²) in [6, 6.07) is 2.73. The second kappa shape index (κ2) is 6.62. The van der Waals surface area contributed by atoms with Crippen LogP contribution in [0.5, 0.6) is 5.75 Å². The molecule has 9 heteroatoms. The van der Waals surface area contributed by atoms with E-state index in [2.05, 4.69) is 9.73 Å². The van der Waals surface area contributed by atoms with Gasteiger partial charge in [0.05, 0.1) is 2.74 Å². The highest BCUT2D eigenvalue weighted by molar-refractivity contribution is 6.47. The van der Waals surface area contributed by atoms with Crippen LogP contribution >= 0.6 is 0 Å². The number of ether oxygens (including phenoxy) is 1. The van der Waals surface area contributed by atoms with Crippen molar-refractivity contribution in [3.63, 3.8) is 0 Å². The van der Waals surface area contributed by atoms with Crippen molar-refractivity contribution in [2.75, 3.05) is 6.50 Å². The smallest absolute Gasteiger partial charge is 0.480 e. The minimum absolute atomic E-state index is 0.547. The van der Waals surface area contributed by atoms with Gasteiger partial charge in [0, 0.05) is 19.3 Å². The van der Waals surface area contributed by atoms with Crippen LogP contribution in [0.25, 0.3) is 0 Å². The second-order valence-corrected chi connectivity index (χ2v) is 4.89. The van der Waals surface area contributed by atoms with Gasteiger partial charge in [-0.25, -0.2) is 0 Å². The van der Waals surface area contributed by atoms with E-state index in [1.54, 1.807) is 0 Å². The van der Waals surface area contributed by atoms with Crippen LogP contribution in [0.3, 0.4) is 0 Å². The fraction of sp³-hybridized carbons (Fsp3) is 0.471. The van der Waals surface area contributed by atoms with Crippen molar-refractivity contribution >= 4 is 17.6 Å². The topological polar surface area (TPSA) is 79.2 Å². The first-order valence-electron chi connectivity index (χ1n) is 12.8. The lowest BCUT2D eigenvalue weighted by atomic mass is 9.88. The highest BCUT2D eigenvalue weighted by Gasteiger charge is 2.48. The molecule has 1 aliphatic carbocycles. The molecule has 3 rings (SSSR count). The van der Waals surface area contributed by atoms with E-state index < -0.39 is 84.2 Å². The molecule has 1 saturated carbocycles. The summed E-state index contributed by atoms with van der Waals surface area (Å²) >= 11 is 0. The number of aliphatic imine (C=N–C) groups is 1. The van der Waals surface area contributed by atoms with E-state index >= 15 is 0 Å². The Morgan fingerprint density at radius 1 is 1.31 bits per heavy atom. The summed E-state index contributed by atoms with van der Waals surface area (Å²) in [5.41, 5.74) is -5.72. The molecule has 140 valence electrons. The number of rotatable bonds is 4. The Morgan fingerprint density at radius 3 is 2.46 bits per heavy atom. The number of amides is 1. The molecule has 0 radical (unpaired) electrons. The summed E-state index contributed by atoms with van der Waals surface area (Å²) < 4.78 is 139. The third-order valence-corrected chi connectivity index (χ3v) is 3.17. The summed E-state index contributed by atoms with van der Waals surface area (Å²) in [5.74, 6) is -5.22. The number of alkyl halides is 3. The van der Waals surface area contributed by atoms with Gasteiger partial charge in [-0.15, -0.1) is 13.2 Å². The zero-order chi connectivity index (χ0) is 29.7. The molecule has 1 amide bonds. The lowest BCUT2D eigenvalue weighted by Gasteiger charge is -2.38. The number of benzene rings is 1. The van der Waals surface area contributed by atoms with Gasteiger partial charge in [0.25, 0.3) is 5.91 Å². The lowest BCUT2D eigenvalue weighted by Crippen LogP contribution is -2.50. The Labute approximate surface area is 164 Å². The molecular formula is C17H17F3N2O4. The number of carbonyl (C=O) groups excluding carboxylic acids is 1. The highest BCUT2D eigenvalue weighted by Crippen LogP contribution is 2.39. The van der Waals surface area contributed by atoms with Crippen LogP contribution < -0.4 is 4.74 Å². The first-order valence-corrected chi connectivity index (χ1v) is 6.80. The van der Waals surface area contributed by atoms with E-state index in [-0.39, 0.29) is 0 Å². The molecule has 26 heavy (non-hydrogen) atoms. The average Bonchev–Trinajstić information content (AvgIpc) is 3.07. The maximum atomic E-state index is 13.4. The zero-order valence-electron chi connectivity index (χ0n) is 24.5. The van der Waals surface area contributed by atoms with E-state index in [0.29, 0.717) is 12.1 Å². The summed E-state index contributed by atoms with van der Waals surface area (Å²) in [6.45, 7) is -4.08. The monoisotopic (exact) mass is 382 g/mol. The molecule has 0 unspecified atom stereocenters. The predicted molar refractivity (Wildman–Crippen MR) is 84.8 cm³/mol. The Bertz CT molecular complexity index is 1190. The van der Waals surface area contributed by atoms with Gasteiger partial charge in [0.2, 0.25) is 0 Å². The molecule has 0 atom stereocenters. The van der Waals surface area contributed by atoms with Gasteiger partial charge in [0.1, 0.15) is 23.6 Å². The summed E-state index contributed by atoms with van der Waals surface area (Å²) in [7, 11) is 0. The van der Waals surface area contributed by atoms with Crippen LogP contribution in [-0.4, -0.2) is 46.1 Å². The molecule has 1 heterocycles. The number of carboxylic acid groups (broad SMARTS) is 1. The first kappa shape index (κ1) is 8.41. The Hall–Kier alpha value is -2.58. The molecule has 1 fully saturated rings. The maximum Gasteiger partial charge on any atom is 0.573 e. The third kappa shape index (κ3) is 3.66. The van der Waals surface area contributed by atoms with E-state index in [1.165, 1.54) is 0 Å². The van der Waals surface area contributed by atoms with Crippen molar-refractivity contribution in [3.8, 4) is 5.75 Å².